The Labute approximate surface area is 170 Å². The second-order valence-corrected chi connectivity index (χ2v) is 8.28. The van der Waals surface area contributed by atoms with Crippen molar-refractivity contribution in [2.24, 2.45) is 0 Å². The van der Waals surface area contributed by atoms with Gasteiger partial charge in [0, 0.05) is 11.4 Å². The molecule has 4 rings (SSSR count). The first kappa shape index (κ1) is 19.1. The molecule has 5 heteroatoms. The number of fused-ring (bicyclic) bond motifs is 1. The molecule has 1 saturated heterocycles. The van der Waals surface area contributed by atoms with Gasteiger partial charge in [-0.15, -0.1) is 11.8 Å². The second-order valence-electron chi connectivity index (χ2n) is 7.23. The highest BCUT2D eigenvalue weighted by Crippen LogP contribution is 2.25. The van der Waals surface area contributed by atoms with Crippen LogP contribution in [0.25, 0.3) is 10.8 Å². The molecule has 0 aliphatic carbocycles. The van der Waals surface area contributed by atoms with E-state index in [9.17, 15) is 4.79 Å². The summed E-state index contributed by atoms with van der Waals surface area (Å²) < 4.78 is 5.65. The van der Waals surface area contributed by atoms with E-state index in [0.717, 1.165) is 23.7 Å². The smallest absolute Gasteiger partial charge is 0.230 e. The van der Waals surface area contributed by atoms with Gasteiger partial charge in [-0.1, -0.05) is 36.8 Å². The van der Waals surface area contributed by atoms with Crippen LogP contribution in [0.1, 0.15) is 31.1 Å². The molecule has 0 bridgehead atoms. The van der Waals surface area contributed by atoms with Gasteiger partial charge in [0.25, 0.3) is 0 Å². The van der Waals surface area contributed by atoms with Crippen molar-refractivity contribution in [3.63, 3.8) is 0 Å². The molecule has 1 amide bonds. The van der Waals surface area contributed by atoms with Gasteiger partial charge in [-0.2, -0.15) is 0 Å². The Morgan fingerprint density at radius 1 is 1.04 bits per heavy atom. The maximum atomic E-state index is 12.5. The van der Waals surface area contributed by atoms with E-state index in [1.54, 1.807) is 18.0 Å². The monoisotopic (exact) mass is 394 g/mol. The number of nitrogens with one attached hydrogen (secondary N) is 1. The van der Waals surface area contributed by atoms with Crippen LogP contribution in [0.15, 0.2) is 70.2 Å². The minimum Gasteiger partial charge on any atom is -0.468 e. The van der Waals surface area contributed by atoms with Gasteiger partial charge in [-0.05, 0) is 61.0 Å². The fourth-order valence-electron chi connectivity index (χ4n) is 3.79. The van der Waals surface area contributed by atoms with Crippen LogP contribution >= 0.6 is 11.8 Å². The first-order chi connectivity index (χ1) is 13.8. The van der Waals surface area contributed by atoms with Gasteiger partial charge in [0.1, 0.15) is 5.76 Å². The molecule has 1 aliphatic rings. The van der Waals surface area contributed by atoms with E-state index in [1.807, 2.05) is 24.3 Å². The number of furan rings is 1. The number of nitrogens with zero attached hydrogens (tertiary/aromatic N) is 1. The number of amides is 1. The number of carbonyl (C=O) groups is 1. The molecule has 1 aliphatic heterocycles. The first-order valence-electron chi connectivity index (χ1n) is 9.95. The minimum atomic E-state index is 0.0618. The van der Waals surface area contributed by atoms with Gasteiger partial charge in [0.15, 0.2) is 0 Å². The number of thioether (sulfide) groups is 1. The van der Waals surface area contributed by atoms with Crippen molar-refractivity contribution in [2.45, 2.75) is 30.2 Å². The molecule has 0 radical (unpaired) electrons. The van der Waals surface area contributed by atoms with Crippen LogP contribution < -0.4 is 5.32 Å². The summed E-state index contributed by atoms with van der Waals surface area (Å²) in [6, 6.07) is 18.7. The summed E-state index contributed by atoms with van der Waals surface area (Å²) in [6.07, 6.45) is 5.42. The number of hydrogen-bond donors (Lipinski definition) is 1. The Morgan fingerprint density at radius 3 is 2.64 bits per heavy atom. The van der Waals surface area contributed by atoms with Crippen LogP contribution in [-0.4, -0.2) is 36.2 Å². The third-order valence-electron chi connectivity index (χ3n) is 5.29. The maximum absolute atomic E-state index is 12.5. The number of carbonyl (C=O) groups excluding carboxylic acids is 1. The number of piperidine rings is 1. The van der Waals surface area contributed by atoms with Crippen molar-refractivity contribution < 1.29 is 9.21 Å². The zero-order chi connectivity index (χ0) is 19.2. The average Bonchev–Trinajstić information content (AvgIpc) is 3.27. The van der Waals surface area contributed by atoms with Gasteiger partial charge < -0.3 is 9.73 Å². The predicted molar refractivity (Wildman–Crippen MR) is 115 cm³/mol. The van der Waals surface area contributed by atoms with Crippen LogP contribution in [0.4, 0.5) is 0 Å². The molecule has 0 spiro atoms. The summed E-state index contributed by atoms with van der Waals surface area (Å²) in [5, 5.41) is 5.54. The van der Waals surface area contributed by atoms with Gasteiger partial charge in [-0.25, -0.2) is 0 Å². The maximum Gasteiger partial charge on any atom is 0.230 e. The predicted octanol–water partition coefficient (Wildman–Crippen LogP) is 4.87. The third kappa shape index (κ3) is 4.78. The third-order valence-corrected chi connectivity index (χ3v) is 6.28. The lowest BCUT2D eigenvalue weighted by atomic mass is 10.1. The van der Waals surface area contributed by atoms with Gasteiger partial charge in [0.2, 0.25) is 5.91 Å². The minimum absolute atomic E-state index is 0.0618. The summed E-state index contributed by atoms with van der Waals surface area (Å²) in [5.41, 5.74) is 0. The second kappa shape index (κ2) is 9.30. The Balaban J connectivity index is 1.32. The molecule has 28 heavy (non-hydrogen) atoms. The first-order valence-corrected chi connectivity index (χ1v) is 10.9. The molecule has 1 fully saturated rings. The molecule has 146 valence electrons. The molecule has 1 atom stereocenters. The Bertz CT molecular complexity index is 904. The molecular weight excluding hydrogens is 368 g/mol. The largest absolute Gasteiger partial charge is 0.468 e. The topological polar surface area (TPSA) is 45.5 Å². The van der Waals surface area contributed by atoms with Crippen molar-refractivity contribution in [3.05, 3.63) is 66.6 Å². The lowest BCUT2D eigenvalue weighted by Gasteiger charge is -2.33. The number of likely N-dealkylation sites (tertiary alicyclic amines) is 1. The van der Waals surface area contributed by atoms with Crippen molar-refractivity contribution >= 4 is 28.4 Å². The van der Waals surface area contributed by atoms with E-state index in [1.165, 1.54) is 30.0 Å². The highest BCUT2D eigenvalue weighted by molar-refractivity contribution is 8.00. The van der Waals surface area contributed by atoms with E-state index >= 15 is 0 Å². The Kier molecular flexibility index (Phi) is 6.34. The van der Waals surface area contributed by atoms with Crippen LogP contribution in [0.5, 0.6) is 0 Å². The van der Waals surface area contributed by atoms with Crippen LogP contribution in [-0.2, 0) is 4.79 Å². The Morgan fingerprint density at radius 2 is 1.86 bits per heavy atom. The zero-order valence-corrected chi connectivity index (χ0v) is 16.8. The number of hydrogen-bond acceptors (Lipinski definition) is 4. The standard InChI is InChI=1S/C23H26N2O2S/c26-23(17-28-20-11-10-18-7-2-3-8-19(18)15-20)24-16-21(22-9-6-14-27-22)25-12-4-1-5-13-25/h2-3,6-11,14-15,21H,1,4-5,12-13,16-17H2,(H,24,26). The SMILES string of the molecule is O=C(CSc1ccc2ccccc2c1)NCC(c1ccco1)N1CCCCC1. The van der Waals surface area contributed by atoms with Crippen LogP contribution in [0.3, 0.4) is 0 Å². The fourth-order valence-corrected chi connectivity index (χ4v) is 4.56. The van der Waals surface area contributed by atoms with Crippen molar-refractivity contribution in [2.75, 3.05) is 25.4 Å². The molecular formula is C23H26N2O2S. The summed E-state index contributed by atoms with van der Waals surface area (Å²) in [6.45, 7) is 2.71. The fraction of sp³-hybridized carbons (Fsp3) is 0.348. The van der Waals surface area contributed by atoms with E-state index in [2.05, 4.69) is 40.5 Å². The quantitative estimate of drug-likeness (QED) is 0.581. The molecule has 4 nitrogen and oxygen atoms in total. The molecule has 2 aromatic carbocycles. The van der Waals surface area contributed by atoms with Crippen LogP contribution in [0.2, 0.25) is 0 Å². The summed E-state index contributed by atoms with van der Waals surface area (Å²) >= 11 is 1.58. The normalized spacial score (nSPS) is 16.1. The van der Waals surface area contributed by atoms with Gasteiger partial charge >= 0.3 is 0 Å². The zero-order valence-electron chi connectivity index (χ0n) is 16.0. The lowest BCUT2D eigenvalue weighted by molar-refractivity contribution is -0.118. The summed E-state index contributed by atoms with van der Waals surface area (Å²) in [7, 11) is 0. The van der Waals surface area contributed by atoms with Gasteiger partial charge in [-0.3, -0.25) is 9.69 Å². The van der Waals surface area contributed by atoms with Crippen LogP contribution in [0, 0.1) is 0 Å². The van der Waals surface area contributed by atoms with E-state index < -0.39 is 0 Å². The summed E-state index contributed by atoms with van der Waals surface area (Å²) in [5.74, 6) is 1.42. The highest BCUT2D eigenvalue weighted by Gasteiger charge is 2.24. The molecule has 2 heterocycles. The number of rotatable bonds is 7. The highest BCUT2D eigenvalue weighted by atomic mass is 32.2. The van der Waals surface area contributed by atoms with E-state index in [-0.39, 0.29) is 11.9 Å². The molecule has 1 N–H and O–H groups in total. The van der Waals surface area contributed by atoms with E-state index in [4.69, 9.17) is 4.42 Å². The van der Waals surface area contributed by atoms with Crippen molar-refractivity contribution in [3.8, 4) is 0 Å². The van der Waals surface area contributed by atoms with Gasteiger partial charge in [0.05, 0.1) is 18.1 Å². The molecule has 0 saturated carbocycles. The van der Waals surface area contributed by atoms with E-state index in [0.29, 0.717) is 12.3 Å². The average molecular weight is 395 g/mol. The summed E-state index contributed by atoms with van der Waals surface area (Å²) in [4.78, 5) is 16.0. The number of benzene rings is 2. The van der Waals surface area contributed by atoms with Crippen molar-refractivity contribution in [1.29, 1.82) is 0 Å². The lowest BCUT2D eigenvalue weighted by Crippen LogP contribution is -2.40. The molecule has 1 unspecified atom stereocenters. The Hall–Kier alpha value is -2.24. The molecule has 1 aromatic heterocycles. The molecule has 3 aromatic rings. The van der Waals surface area contributed by atoms with Crippen molar-refractivity contribution in [1.82, 2.24) is 10.2 Å².